The molecule has 304 valence electrons. The van der Waals surface area contributed by atoms with Crippen LogP contribution in [0.4, 0.5) is 0 Å². The molecule has 14 nitrogen and oxygen atoms in total. The summed E-state index contributed by atoms with van der Waals surface area (Å²) in [5, 5.41) is 33.5. The second kappa shape index (κ2) is 25.5. The molecule has 1 heterocycles. The molecule has 0 saturated carbocycles. The third-order valence-electron chi connectivity index (χ3n) is 9.33. The molecule has 1 rings (SSSR count). The number of unbranched alkanes of at least 4 members (excludes halogenated alkanes) is 5. The average Bonchev–Trinajstić information content (AvgIpc) is 3.08. The highest BCUT2D eigenvalue weighted by atomic mass is 16.5. The van der Waals surface area contributed by atoms with Gasteiger partial charge in [-0.2, -0.15) is 0 Å². The number of nitrogens with one attached hydrogen (secondary N) is 5. The van der Waals surface area contributed by atoms with Crippen LogP contribution in [0.2, 0.25) is 0 Å². The molecule has 1 aliphatic rings. The lowest BCUT2D eigenvalue weighted by atomic mass is 9.97. The minimum absolute atomic E-state index is 0.0570. The number of allylic oxidation sites excluding steroid dienone is 2. The largest absolute Gasteiger partial charge is 0.460 e. The van der Waals surface area contributed by atoms with Gasteiger partial charge in [-0.1, -0.05) is 86.3 Å². The van der Waals surface area contributed by atoms with E-state index in [4.69, 9.17) is 4.74 Å². The number of esters is 1. The molecular weight excluding hydrogens is 682 g/mol. The fraction of sp³-hybridized carbons (Fsp3) is 0.795. The van der Waals surface area contributed by atoms with Crippen molar-refractivity contribution in [2.75, 3.05) is 6.61 Å². The summed E-state index contributed by atoms with van der Waals surface area (Å²) < 4.78 is 5.97. The Labute approximate surface area is 316 Å². The fourth-order valence-electron chi connectivity index (χ4n) is 6.00. The summed E-state index contributed by atoms with van der Waals surface area (Å²) in [6.07, 6.45) is 9.86. The number of ether oxygens (including phenoxy) is 1. The number of rotatable bonds is 17. The van der Waals surface area contributed by atoms with Crippen LogP contribution >= 0.6 is 0 Å². The van der Waals surface area contributed by atoms with Gasteiger partial charge >= 0.3 is 5.97 Å². The Morgan fingerprint density at radius 3 is 1.75 bits per heavy atom. The number of aliphatic hydroxyl groups excluding tert-OH is 2. The molecule has 1 fully saturated rings. The van der Waals surface area contributed by atoms with E-state index in [1.54, 1.807) is 6.92 Å². The van der Waals surface area contributed by atoms with Crippen molar-refractivity contribution in [3.63, 3.8) is 0 Å². The zero-order valence-corrected chi connectivity index (χ0v) is 33.4. The van der Waals surface area contributed by atoms with Gasteiger partial charge in [0.2, 0.25) is 29.5 Å². The fourth-order valence-corrected chi connectivity index (χ4v) is 6.00. The quantitative estimate of drug-likeness (QED) is 0.0661. The Morgan fingerprint density at radius 1 is 0.679 bits per heavy atom. The molecule has 0 aliphatic carbocycles. The Bertz CT molecular complexity index is 1190. The van der Waals surface area contributed by atoms with Crippen molar-refractivity contribution in [2.24, 2.45) is 17.8 Å². The lowest BCUT2D eigenvalue weighted by Crippen LogP contribution is -2.62. The third-order valence-corrected chi connectivity index (χ3v) is 9.33. The summed E-state index contributed by atoms with van der Waals surface area (Å²) in [5.41, 5.74) is 0. The first-order valence-corrected chi connectivity index (χ1v) is 19.7. The van der Waals surface area contributed by atoms with E-state index in [-0.39, 0.29) is 37.0 Å². The summed E-state index contributed by atoms with van der Waals surface area (Å²) in [6, 6.07) is -6.44. The maximum Gasteiger partial charge on any atom is 0.329 e. The highest BCUT2D eigenvalue weighted by Crippen LogP contribution is 2.18. The van der Waals surface area contributed by atoms with Crippen LogP contribution in [0.3, 0.4) is 0 Å². The molecule has 14 heteroatoms. The summed E-state index contributed by atoms with van der Waals surface area (Å²) in [5.74, 6) is -5.01. The van der Waals surface area contributed by atoms with Crippen LogP contribution in [-0.2, 0) is 33.5 Å². The van der Waals surface area contributed by atoms with Crippen LogP contribution in [0.5, 0.6) is 0 Å². The summed E-state index contributed by atoms with van der Waals surface area (Å²) in [4.78, 5) is 81.3. The van der Waals surface area contributed by atoms with E-state index >= 15 is 0 Å². The standard InChI is InChI=1S/C39H69N5O9/c1-9-11-12-13-14-15-16-17-18-19-28-22-32(47)40-29(20-24(3)4)35(48)42-31(23-45)37(50)44-34(27(8)46)38(51)41-30(21-25(5)6)36(49)43-33(26(7)10-2)39(52)53-28/h15-16,24-31,33-34,45-46H,9-14,17-23H2,1-8H3,(H,40,47)(H,41,51)(H,42,48)(H,43,49)(H,44,50)/b16-15+/t26-,27+,28?,29+,30+,31-,33-,34-/m0/s1. The first kappa shape index (κ1) is 47.5. The van der Waals surface area contributed by atoms with Crippen LogP contribution < -0.4 is 26.6 Å². The van der Waals surface area contributed by atoms with Crippen LogP contribution in [0, 0.1) is 17.8 Å². The monoisotopic (exact) mass is 752 g/mol. The maximum absolute atomic E-state index is 13.8. The lowest BCUT2D eigenvalue weighted by Gasteiger charge is -2.29. The molecule has 5 amide bonds. The van der Waals surface area contributed by atoms with Crippen molar-refractivity contribution in [1.29, 1.82) is 0 Å². The molecule has 0 spiro atoms. The average molecular weight is 752 g/mol. The van der Waals surface area contributed by atoms with Gasteiger partial charge in [0, 0.05) is 0 Å². The highest BCUT2D eigenvalue weighted by molar-refractivity contribution is 5.96. The van der Waals surface area contributed by atoms with E-state index in [1.807, 2.05) is 34.6 Å². The van der Waals surface area contributed by atoms with Crippen molar-refractivity contribution in [3.8, 4) is 0 Å². The van der Waals surface area contributed by atoms with Crippen molar-refractivity contribution in [1.82, 2.24) is 26.6 Å². The van der Waals surface area contributed by atoms with E-state index in [0.29, 0.717) is 25.7 Å². The zero-order chi connectivity index (χ0) is 40.1. The number of aliphatic hydroxyl groups is 2. The number of carbonyl (C=O) groups is 6. The van der Waals surface area contributed by atoms with Gasteiger partial charge in [0.05, 0.1) is 19.1 Å². The Morgan fingerprint density at radius 2 is 1.21 bits per heavy atom. The summed E-state index contributed by atoms with van der Waals surface area (Å²) in [6.45, 7) is 13.7. The van der Waals surface area contributed by atoms with Crippen LogP contribution in [0.1, 0.15) is 132 Å². The first-order chi connectivity index (χ1) is 25.0. The predicted octanol–water partition coefficient (Wildman–Crippen LogP) is 2.93. The van der Waals surface area contributed by atoms with Crippen molar-refractivity contribution >= 4 is 35.5 Å². The molecule has 0 aromatic carbocycles. The number of amides is 5. The molecule has 1 saturated heterocycles. The first-order valence-electron chi connectivity index (χ1n) is 19.7. The molecule has 7 N–H and O–H groups in total. The smallest absolute Gasteiger partial charge is 0.329 e. The molecule has 1 aliphatic heterocycles. The lowest BCUT2D eigenvalue weighted by molar-refractivity contribution is -0.156. The van der Waals surface area contributed by atoms with Gasteiger partial charge in [-0.05, 0) is 69.6 Å². The molecule has 53 heavy (non-hydrogen) atoms. The van der Waals surface area contributed by atoms with E-state index in [0.717, 1.165) is 12.8 Å². The SMILES string of the molecule is CCCCCC/C=C/CCCC1CC(=O)N[C@H](CC(C)C)C(=O)N[C@@H](CO)C(=O)N[C@@H]([C@@H](C)O)C(=O)N[C@H](CC(C)C)C(=O)N[C@@H]([C@@H](C)CC)C(=O)O1. The molecule has 0 aromatic rings. The van der Waals surface area contributed by atoms with E-state index < -0.39 is 84.5 Å². The number of hydrogen-bond donors (Lipinski definition) is 7. The Balaban J connectivity index is 3.56. The topological polar surface area (TPSA) is 212 Å². The van der Waals surface area contributed by atoms with Gasteiger partial charge in [0.25, 0.3) is 0 Å². The summed E-state index contributed by atoms with van der Waals surface area (Å²) in [7, 11) is 0. The molecule has 0 aromatic heterocycles. The number of carbonyl (C=O) groups excluding carboxylic acids is 6. The van der Waals surface area contributed by atoms with Crippen LogP contribution in [0.15, 0.2) is 12.2 Å². The highest BCUT2D eigenvalue weighted by Gasteiger charge is 2.37. The van der Waals surface area contributed by atoms with Crippen LogP contribution in [0.25, 0.3) is 0 Å². The second-order valence-electron chi connectivity index (χ2n) is 15.3. The van der Waals surface area contributed by atoms with Gasteiger partial charge in [-0.15, -0.1) is 0 Å². The zero-order valence-electron chi connectivity index (χ0n) is 33.4. The minimum Gasteiger partial charge on any atom is -0.460 e. The Hall–Kier alpha value is -3.52. The second-order valence-corrected chi connectivity index (χ2v) is 15.3. The normalized spacial score (nSPS) is 25.7. The molecule has 0 radical (unpaired) electrons. The molecule has 0 bridgehead atoms. The van der Waals surface area contributed by atoms with Crippen molar-refractivity contribution < 1.29 is 43.7 Å². The third kappa shape index (κ3) is 18.4. The maximum atomic E-state index is 13.8. The van der Waals surface area contributed by atoms with Gasteiger partial charge in [0.15, 0.2) is 0 Å². The predicted molar refractivity (Wildman–Crippen MR) is 203 cm³/mol. The van der Waals surface area contributed by atoms with Crippen LogP contribution in [-0.4, -0.2) is 94.7 Å². The van der Waals surface area contributed by atoms with E-state index in [1.165, 1.54) is 26.2 Å². The van der Waals surface area contributed by atoms with E-state index in [2.05, 4.69) is 45.7 Å². The number of hydrogen-bond acceptors (Lipinski definition) is 9. The summed E-state index contributed by atoms with van der Waals surface area (Å²) >= 11 is 0. The van der Waals surface area contributed by atoms with Gasteiger partial charge in [-0.3, -0.25) is 24.0 Å². The Kier molecular flexibility index (Phi) is 22.8. The van der Waals surface area contributed by atoms with Crippen molar-refractivity contribution in [3.05, 3.63) is 12.2 Å². The molecule has 1 unspecified atom stereocenters. The van der Waals surface area contributed by atoms with Gasteiger partial charge in [-0.25, -0.2) is 4.79 Å². The molecular formula is C39H69N5O9. The van der Waals surface area contributed by atoms with Gasteiger partial charge < -0.3 is 41.5 Å². The van der Waals surface area contributed by atoms with Crippen molar-refractivity contribution in [2.45, 2.75) is 175 Å². The number of cyclic esters (lactones) is 1. The van der Waals surface area contributed by atoms with Gasteiger partial charge in [0.1, 0.15) is 36.3 Å². The molecule has 8 atom stereocenters. The minimum atomic E-state index is -1.56. The van der Waals surface area contributed by atoms with E-state index in [9.17, 15) is 39.0 Å².